The molecule has 2 aromatic carbocycles. The zero-order valence-corrected chi connectivity index (χ0v) is 21.0. The van der Waals surface area contributed by atoms with Gasteiger partial charge in [0.05, 0.1) is 7.11 Å². The van der Waals surface area contributed by atoms with Gasteiger partial charge in [0, 0.05) is 71.8 Å². The number of fused-ring (bicyclic) bond motifs is 4. The maximum Gasteiger partial charge on any atom is 0.197 e. The molecule has 0 bridgehead atoms. The minimum absolute atomic E-state index is 0.616. The van der Waals surface area contributed by atoms with Crippen LogP contribution in [0.4, 0.5) is 0 Å². The highest BCUT2D eigenvalue weighted by atomic mass is 16.5. The summed E-state index contributed by atoms with van der Waals surface area (Å²) in [5.74, 6) is 1.34. The first kappa shape index (κ1) is 21.8. The molecule has 2 saturated heterocycles. The number of aromatic nitrogens is 4. The van der Waals surface area contributed by atoms with E-state index in [1.54, 1.807) is 18.0 Å². The predicted molar refractivity (Wildman–Crippen MR) is 142 cm³/mol. The molecule has 7 heteroatoms. The summed E-state index contributed by atoms with van der Waals surface area (Å²) in [6, 6.07) is 12.0. The summed E-state index contributed by atoms with van der Waals surface area (Å²) in [7, 11) is 1.68. The molecule has 0 spiro atoms. The molecular formula is C29H31N5O2. The summed E-state index contributed by atoms with van der Waals surface area (Å²) < 4.78 is 12.9. The quantitative estimate of drug-likeness (QED) is 0.381. The lowest BCUT2D eigenvalue weighted by Gasteiger charge is -2.46. The molecule has 184 valence electrons. The molecule has 0 aliphatic carbocycles. The topological polar surface area (TPSA) is 67.7 Å². The maximum atomic E-state index is 5.61. The number of aromatic amines is 1. The Morgan fingerprint density at radius 2 is 1.86 bits per heavy atom. The number of methoxy groups -OCH3 is 1. The first-order valence-corrected chi connectivity index (χ1v) is 12.9. The van der Waals surface area contributed by atoms with Gasteiger partial charge >= 0.3 is 0 Å². The first-order valence-electron chi connectivity index (χ1n) is 12.9. The van der Waals surface area contributed by atoms with Crippen molar-refractivity contribution in [3.05, 3.63) is 59.5 Å². The number of benzene rings is 2. The third kappa shape index (κ3) is 3.33. The largest absolute Gasteiger partial charge is 0.493 e. The lowest BCUT2D eigenvalue weighted by molar-refractivity contribution is 0.00165. The van der Waals surface area contributed by atoms with Crippen LogP contribution in [0.2, 0.25) is 0 Å². The van der Waals surface area contributed by atoms with Gasteiger partial charge in [-0.3, -0.25) is 4.90 Å². The van der Waals surface area contributed by atoms with Crippen LogP contribution in [0.5, 0.6) is 5.75 Å². The Hall–Kier alpha value is -3.42. The predicted octanol–water partition coefficient (Wildman–Crippen LogP) is 5.23. The SMILES string of the molecule is COc1cc(-c2cc3[nH]c4ccc(C5CN(C6CCOCC6)C5)cc4c3c(C)c2C)cn2ncnc12. The summed E-state index contributed by atoms with van der Waals surface area (Å²) in [5.41, 5.74) is 9.35. The van der Waals surface area contributed by atoms with Crippen molar-refractivity contribution in [2.45, 2.75) is 38.6 Å². The molecule has 7 rings (SSSR count). The van der Waals surface area contributed by atoms with Gasteiger partial charge in [-0.05, 0) is 73.2 Å². The molecule has 2 fully saturated rings. The van der Waals surface area contributed by atoms with E-state index in [-0.39, 0.29) is 0 Å². The van der Waals surface area contributed by atoms with Crippen LogP contribution in [0.1, 0.15) is 35.4 Å². The van der Waals surface area contributed by atoms with Crippen LogP contribution in [-0.2, 0) is 4.74 Å². The molecule has 36 heavy (non-hydrogen) atoms. The molecular weight excluding hydrogens is 450 g/mol. The van der Waals surface area contributed by atoms with Gasteiger partial charge in [0.2, 0.25) is 0 Å². The summed E-state index contributed by atoms with van der Waals surface area (Å²) in [6.07, 6.45) is 5.93. The van der Waals surface area contributed by atoms with E-state index in [2.05, 4.69) is 64.1 Å². The molecule has 2 aliphatic heterocycles. The number of pyridine rings is 1. The van der Waals surface area contributed by atoms with Crippen LogP contribution < -0.4 is 4.74 Å². The van der Waals surface area contributed by atoms with Crippen molar-refractivity contribution in [1.82, 2.24) is 24.5 Å². The Bertz CT molecular complexity index is 1610. The standard InChI is InChI=1S/C29H31N5O2/c1-17-18(2)28-24-10-19(21-13-33(14-21)22-6-8-36-9-7-22)4-5-25(24)32-26(28)12-23(17)20-11-27(35-3)29-30-16-31-34(29)15-20/h4-5,10-12,15-16,21-22,32H,6-9,13-14H2,1-3H3. The van der Waals surface area contributed by atoms with E-state index in [1.165, 1.54) is 51.4 Å². The summed E-state index contributed by atoms with van der Waals surface area (Å²) >= 11 is 0. The molecule has 3 aromatic heterocycles. The van der Waals surface area contributed by atoms with Gasteiger partial charge in [0.1, 0.15) is 6.33 Å². The highest BCUT2D eigenvalue weighted by Gasteiger charge is 2.34. The zero-order chi connectivity index (χ0) is 24.4. The second kappa shape index (κ2) is 8.32. The molecule has 0 radical (unpaired) electrons. The van der Waals surface area contributed by atoms with Crippen molar-refractivity contribution >= 4 is 27.5 Å². The number of hydrogen-bond acceptors (Lipinski definition) is 5. The Morgan fingerprint density at radius 3 is 2.67 bits per heavy atom. The van der Waals surface area contributed by atoms with E-state index in [9.17, 15) is 0 Å². The third-order valence-corrected chi connectivity index (χ3v) is 8.44. The van der Waals surface area contributed by atoms with E-state index >= 15 is 0 Å². The van der Waals surface area contributed by atoms with E-state index in [0.29, 0.717) is 12.0 Å². The van der Waals surface area contributed by atoms with Crippen LogP contribution in [0.15, 0.2) is 42.9 Å². The molecule has 2 aliphatic rings. The summed E-state index contributed by atoms with van der Waals surface area (Å²) in [6.45, 7) is 8.59. The number of likely N-dealkylation sites (tertiary alicyclic amines) is 1. The van der Waals surface area contributed by atoms with Gasteiger partial charge in [0.15, 0.2) is 11.4 Å². The van der Waals surface area contributed by atoms with Crippen molar-refractivity contribution < 1.29 is 9.47 Å². The molecule has 5 aromatic rings. The Labute approximate surface area is 210 Å². The Balaban J connectivity index is 1.27. The van der Waals surface area contributed by atoms with Crippen molar-refractivity contribution in [3.8, 4) is 16.9 Å². The smallest absolute Gasteiger partial charge is 0.197 e. The van der Waals surface area contributed by atoms with Gasteiger partial charge in [-0.25, -0.2) is 9.50 Å². The average Bonchev–Trinajstić information content (AvgIpc) is 3.49. The van der Waals surface area contributed by atoms with Crippen molar-refractivity contribution in [2.75, 3.05) is 33.4 Å². The Kier molecular flexibility index (Phi) is 5.04. The lowest BCUT2D eigenvalue weighted by Crippen LogP contribution is -2.52. The number of rotatable bonds is 4. The molecule has 5 heterocycles. The molecule has 0 unspecified atom stereocenters. The molecule has 7 nitrogen and oxygen atoms in total. The van der Waals surface area contributed by atoms with Gasteiger partial charge in [-0.2, -0.15) is 5.10 Å². The minimum Gasteiger partial charge on any atom is -0.493 e. The van der Waals surface area contributed by atoms with Gasteiger partial charge in [-0.15, -0.1) is 0 Å². The number of nitrogens with one attached hydrogen (secondary N) is 1. The Morgan fingerprint density at radius 1 is 1.03 bits per heavy atom. The van der Waals surface area contributed by atoms with Crippen LogP contribution in [0.3, 0.4) is 0 Å². The monoisotopic (exact) mass is 481 g/mol. The molecule has 1 N–H and O–H groups in total. The second-order valence-electron chi connectivity index (χ2n) is 10.3. The number of aryl methyl sites for hydroxylation is 1. The fraction of sp³-hybridized carbons (Fsp3) is 0.379. The van der Waals surface area contributed by atoms with Crippen molar-refractivity contribution in [2.24, 2.45) is 0 Å². The van der Waals surface area contributed by atoms with Gasteiger partial charge in [0.25, 0.3) is 0 Å². The van der Waals surface area contributed by atoms with Gasteiger partial charge in [-0.1, -0.05) is 6.07 Å². The number of H-pyrrole nitrogens is 1. The average molecular weight is 482 g/mol. The minimum atomic E-state index is 0.616. The molecule has 0 saturated carbocycles. The van der Waals surface area contributed by atoms with Gasteiger partial charge < -0.3 is 14.5 Å². The van der Waals surface area contributed by atoms with Crippen LogP contribution in [0, 0.1) is 13.8 Å². The molecule has 0 atom stereocenters. The van der Waals surface area contributed by atoms with Crippen molar-refractivity contribution in [1.29, 1.82) is 0 Å². The first-order chi connectivity index (χ1) is 17.6. The van der Waals surface area contributed by atoms with E-state index in [1.807, 2.05) is 6.20 Å². The van der Waals surface area contributed by atoms with Crippen molar-refractivity contribution in [3.63, 3.8) is 0 Å². The highest BCUT2D eigenvalue weighted by Crippen LogP contribution is 2.39. The fourth-order valence-electron chi connectivity index (χ4n) is 6.20. The second-order valence-corrected chi connectivity index (χ2v) is 10.3. The number of nitrogens with zero attached hydrogens (tertiary/aromatic N) is 4. The van der Waals surface area contributed by atoms with Crippen LogP contribution in [-0.4, -0.2) is 63.9 Å². The van der Waals surface area contributed by atoms with Crippen LogP contribution >= 0.6 is 0 Å². The summed E-state index contributed by atoms with van der Waals surface area (Å²) in [5, 5.41) is 6.99. The number of hydrogen-bond donors (Lipinski definition) is 1. The normalized spacial score (nSPS) is 17.9. The van der Waals surface area contributed by atoms with Crippen LogP contribution in [0.25, 0.3) is 38.6 Å². The lowest BCUT2D eigenvalue weighted by atomic mass is 9.87. The van der Waals surface area contributed by atoms with E-state index in [4.69, 9.17) is 9.47 Å². The zero-order valence-electron chi connectivity index (χ0n) is 21.0. The van der Waals surface area contributed by atoms with E-state index < -0.39 is 0 Å². The number of ether oxygens (including phenoxy) is 2. The molecule has 0 amide bonds. The summed E-state index contributed by atoms with van der Waals surface area (Å²) in [4.78, 5) is 10.7. The highest BCUT2D eigenvalue weighted by molar-refractivity contribution is 6.11. The fourth-order valence-corrected chi connectivity index (χ4v) is 6.20. The third-order valence-electron chi connectivity index (χ3n) is 8.44. The van der Waals surface area contributed by atoms with E-state index in [0.717, 1.165) is 48.8 Å². The maximum absolute atomic E-state index is 5.61.